The topological polar surface area (TPSA) is 35.6 Å². The third-order valence-electron chi connectivity index (χ3n) is 4.78. The van der Waals surface area contributed by atoms with Crippen LogP contribution in [0.4, 0.5) is 0 Å². The SMILES string of the molecule is CCNC(C)C1CCCN(CC(=O)N(CC)C2CC2)C1. The van der Waals surface area contributed by atoms with Gasteiger partial charge in [-0.15, -0.1) is 0 Å². The molecule has 4 heteroatoms. The van der Waals surface area contributed by atoms with Gasteiger partial charge in [0.1, 0.15) is 0 Å². The molecule has 1 aliphatic carbocycles. The normalized spacial score (nSPS) is 25.4. The van der Waals surface area contributed by atoms with Gasteiger partial charge in [0.05, 0.1) is 6.54 Å². The van der Waals surface area contributed by atoms with E-state index in [2.05, 4.69) is 35.9 Å². The molecule has 1 saturated carbocycles. The molecule has 116 valence electrons. The van der Waals surface area contributed by atoms with E-state index in [0.29, 0.717) is 30.5 Å². The minimum absolute atomic E-state index is 0.340. The van der Waals surface area contributed by atoms with E-state index in [0.717, 1.165) is 26.2 Å². The number of carbonyl (C=O) groups excluding carboxylic acids is 1. The minimum atomic E-state index is 0.340. The lowest BCUT2D eigenvalue weighted by molar-refractivity contribution is -0.133. The summed E-state index contributed by atoms with van der Waals surface area (Å²) in [5, 5.41) is 3.53. The Morgan fingerprint density at radius 1 is 1.35 bits per heavy atom. The molecule has 0 bridgehead atoms. The lowest BCUT2D eigenvalue weighted by atomic mass is 9.91. The number of likely N-dealkylation sites (tertiary alicyclic amines) is 1. The summed E-state index contributed by atoms with van der Waals surface area (Å²) in [7, 11) is 0. The molecule has 0 aromatic rings. The molecule has 0 spiro atoms. The summed E-state index contributed by atoms with van der Waals surface area (Å²) in [6.45, 7) is 11.2. The quantitative estimate of drug-likeness (QED) is 0.771. The van der Waals surface area contributed by atoms with Crippen molar-refractivity contribution in [1.82, 2.24) is 15.1 Å². The monoisotopic (exact) mass is 281 g/mol. The fraction of sp³-hybridized carbons (Fsp3) is 0.938. The third kappa shape index (κ3) is 4.19. The van der Waals surface area contributed by atoms with Crippen LogP contribution in [0.5, 0.6) is 0 Å². The van der Waals surface area contributed by atoms with Gasteiger partial charge in [0.25, 0.3) is 0 Å². The summed E-state index contributed by atoms with van der Waals surface area (Å²) in [6.07, 6.45) is 4.93. The van der Waals surface area contributed by atoms with Gasteiger partial charge in [0.2, 0.25) is 5.91 Å². The van der Waals surface area contributed by atoms with Crippen LogP contribution in [0.25, 0.3) is 0 Å². The van der Waals surface area contributed by atoms with Gasteiger partial charge >= 0.3 is 0 Å². The molecule has 0 aromatic heterocycles. The van der Waals surface area contributed by atoms with Crippen LogP contribution in [-0.4, -0.2) is 60.5 Å². The first-order valence-corrected chi connectivity index (χ1v) is 8.40. The lowest BCUT2D eigenvalue weighted by Gasteiger charge is -2.36. The molecule has 2 aliphatic rings. The summed E-state index contributed by atoms with van der Waals surface area (Å²) >= 11 is 0. The molecule has 1 saturated heterocycles. The second-order valence-corrected chi connectivity index (χ2v) is 6.39. The van der Waals surface area contributed by atoms with E-state index in [1.54, 1.807) is 0 Å². The third-order valence-corrected chi connectivity index (χ3v) is 4.78. The van der Waals surface area contributed by atoms with E-state index in [1.807, 2.05) is 0 Å². The highest BCUT2D eigenvalue weighted by molar-refractivity contribution is 5.78. The van der Waals surface area contributed by atoms with Crippen LogP contribution in [-0.2, 0) is 4.79 Å². The number of piperidine rings is 1. The number of carbonyl (C=O) groups is 1. The Morgan fingerprint density at radius 3 is 2.70 bits per heavy atom. The highest BCUT2D eigenvalue weighted by Gasteiger charge is 2.33. The predicted molar refractivity (Wildman–Crippen MR) is 82.7 cm³/mol. The Hall–Kier alpha value is -0.610. The maximum atomic E-state index is 12.4. The number of nitrogens with one attached hydrogen (secondary N) is 1. The maximum Gasteiger partial charge on any atom is 0.236 e. The molecular formula is C16H31N3O. The number of hydrogen-bond acceptors (Lipinski definition) is 3. The molecule has 1 aliphatic heterocycles. The van der Waals surface area contributed by atoms with E-state index in [-0.39, 0.29) is 0 Å². The van der Waals surface area contributed by atoms with Crippen molar-refractivity contribution in [3.8, 4) is 0 Å². The molecule has 2 rings (SSSR count). The molecule has 0 radical (unpaired) electrons. The molecule has 1 N–H and O–H groups in total. The Kier molecular flexibility index (Phi) is 5.85. The van der Waals surface area contributed by atoms with E-state index in [4.69, 9.17) is 0 Å². The fourth-order valence-electron chi connectivity index (χ4n) is 3.44. The average Bonchev–Trinajstić information content (AvgIpc) is 3.25. The zero-order chi connectivity index (χ0) is 14.5. The first-order valence-electron chi connectivity index (χ1n) is 8.40. The van der Waals surface area contributed by atoms with Crippen LogP contribution < -0.4 is 5.32 Å². The van der Waals surface area contributed by atoms with E-state index in [1.165, 1.54) is 25.7 Å². The zero-order valence-electron chi connectivity index (χ0n) is 13.4. The fourth-order valence-corrected chi connectivity index (χ4v) is 3.44. The first-order chi connectivity index (χ1) is 9.65. The van der Waals surface area contributed by atoms with Gasteiger partial charge in [-0.1, -0.05) is 6.92 Å². The smallest absolute Gasteiger partial charge is 0.236 e. The van der Waals surface area contributed by atoms with Crippen molar-refractivity contribution in [2.45, 2.75) is 58.5 Å². The second kappa shape index (κ2) is 7.41. The summed E-state index contributed by atoms with van der Waals surface area (Å²) in [5.74, 6) is 1.03. The van der Waals surface area contributed by atoms with Gasteiger partial charge in [-0.05, 0) is 58.5 Å². The highest BCUT2D eigenvalue weighted by atomic mass is 16.2. The molecule has 2 atom stereocenters. The van der Waals surface area contributed by atoms with E-state index < -0.39 is 0 Å². The predicted octanol–water partition coefficient (Wildman–Crippen LogP) is 1.71. The Morgan fingerprint density at radius 2 is 2.10 bits per heavy atom. The van der Waals surface area contributed by atoms with Gasteiger partial charge in [0.15, 0.2) is 0 Å². The van der Waals surface area contributed by atoms with E-state index in [9.17, 15) is 4.79 Å². The van der Waals surface area contributed by atoms with Crippen LogP contribution in [0.15, 0.2) is 0 Å². The van der Waals surface area contributed by atoms with Crippen LogP contribution in [0.2, 0.25) is 0 Å². The summed E-state index contributed by atoms with van der Waals surface area (Å²) in [4.78, 5) is 16.8. The molecule has 1 amide bonds. The summed E-state index contributed by atoms with van der Waals surface area (Å²) < 4.78 is 0. The second-order valence-electron chi connectivity index (χ2n) is 6.39. The van der Waals surface area contributed by atoms with E-state index >= 15 is 0 Å². The summed E-state index contributed by atoms with van der Waals surface area (Å²) in [6, 6.07) is 1.11. The number of likely N-dealkylation sites (N-methyl/N-ethyl adjacent to an activating group) is 1. The Labute approximate surface area is 123 Å². The van der Waals surface area contributed by atoms with Crippen LogP contribution in [0.1, 0.15) is 46.5 Å². The van der Waals surface area contributed by atoms with Gasteiger partial charge in [0, 0.05) is 25.2 Å². The first kappa shape index (κ1) is 15.8. The van der Waals surface area contributed by atoms with Crippen molar-refractivity contribution in [2.24, 2.45) is 5.92 Å². The van der Waals surface area contributed by atoms with Crippen LogP contribution in [0, 0.1) is 5.92 Å². The van der Waals surface area contributed by atoms with Crippen LogP contribution >= 0.6 is 0 Å². The standard InChI is InChI=1S/C16H31N3O/c1-4-17-13(3)14-7-6-10-18(11-14)12-16(20)19(5-2)15-8-9-15/h13-15,17H,4-12H2,1-3H3. The molecular weight excluding hydrogens is 250 g/mol. The molecule has 0 aromatic carbocycles. The van der Waals surface area contributed by atoms with Crippen molar-refractivity contribution in [3.05, 3.63) is 0 Å². The van der Waals surface area contributed by atoms with Crippen LogP contribution in [0.3, 0.4) is 0 Å². The maximum absolute atomic E-state index is 12.4. The van der Waals surface area contributed by atoms with Gasteiger partial charge in [-0.25, -0.2) is 0 Å². The van der Waals surface area contributed by atoms with Gasteiger partial charge in [-0.2, -0.15) is 0 Å². The molecule has 2 unspecified atom stereocenters. The molecule has 2 fully saturated rings. The number of amides is 1. The van der Waals surface area contributed by atoms with Crippen molar-refractivity contribution in [2.75, 3.05) is 32.7 Å². The number of hydrogen-bond donors (Lipinski definition) is 1. The number of rotatable bonds is 7. The van der Waals surface area contributed by atoms with Crippen molar-refractivity contribution >= 4 is 5.91 Å². The minimum Gasteiger partial charge on any atom is -0.339 e. The lowest BCUT2D eigenvalue weighted by Crippen LogP contribution is -2.48. The van der Waals surface area contributed by atoms with Crippen molar-refractivity contribution in [1.29, 1.82) is 0 Å². The van der Waals surface area contributed by atoms with Crippen molar-refractivity contribution < 1.29 is 4.79 Å². The average molecular weight is 281 g/mol. The van der Waals surface area contributed by atoms with Gasteiger partial charge in [-0.3, -0.25) is 9.69 Å². The highest BCUT2D eigenvalue weighted by Crippen LogP contribution is 2.27. The Bertz CT molecular complexity index is 317. The van der Waals surface area contributed by atoms with Crippen molar-refractivity contribution in [3.63, 3.8) is 0 Å². The summed E-state index contributed by atoms with van der Waals surface area (Å²) in [5.41, 5.74) is 0. The Balaban J connectivity index is 1.81. The number of nitrogens with zero attached hydrogens (tertiary/aromatic N) is 2. The van der Waals surface area contributed by atoms with Gasteiger partial charge < -0.3 is 10.2 Å². The largest absolute Gasteiger partial charge is 0.339 e. The zero-order valence-corrected chi connectivity index (χ0v) is 13.4. The molecule has 1 heterocycles. The molecule has 4 nitrogen and oxygen atoms in total. The molecule has 20 heavy (non-hydrogen) atoms.